The van der Waals surface area contributed by atoms with Crippen LogP contribution >= 0.6 is 0 Å². The van der Waals surface area contributed by atoms with Crippen molar-refractivity contribution in [3.05, 3.63) is 0 Å². The maximum atomic E-state index is 5.46. The highest BCUT2D eigenvalue weighted by Gasteiger charge is 2.21. The van der Waals surface area contributed by atoms with Crippen LogP contribution in [0.15, 0.2) is 0 Å². The van der Waals surface area contributed by atoms with Crippen molar-refractivity contribution < 1.29 is 4.74 Å². The van der Waals surface area contributed by atoms with Crippen molar-refractivity contribution in [2.24, 2.45) is 0 Å². The van der Waals surface area contributed by atoms with E-state index in [0.29, 0.717) is 0 Å². The van der Waals surface area contributed by atoms with Crippen molar-refractivity contribution in [1.29, 1.82) is 0 Å². The normalized spacial score (nSPS) is 19.8. The molecule has 17 heavy (non-hydrogen) atoms. The predicted octanol–water partition coefficient (Wildman–Crippen LogP) is 2.27. The second-order valence-electron chi connectivity index (χ2n) is 5.78. The van der Waals surface area contributed by atoms with E-state index in [4.69, 9.17) is 4.74 Å². The lowest BCUT2D eigenvalue weighted by atomic mass is 10.0. The molecular formula is C14H30N2O. The van der Waals surface area contributed by atoms with Crippen LogP contribution in [-0.4, -0.2) is 49.8 Å². The third-order valence-electron chi connectivity index (χ3n) is 3.85. The second kappa shape index (κ2) is 7.34. The molecule has 1 rings (SSSR count). The maximum absolute atomic E-state index is 5.46. The van der Waals surface area contributed by atoms with E-state index in [0.717, 1.165) is 12.5 Å². The number of piperidine rings is 1. The summed E-state index contributed by atoms with van der Waals surface area (Å²) < 4.78 is 5.46. The summed E-state index contributed by atoms with van der Waals surface area (Å²) in [5.74, 6) is 0. The molecule has 0 amide bonds. The van der Waals surface area contributed by atoms with Gasteiger partial charge in [-0.2, -0.15) is 0 Å². The summed E-state index contributed by atoms with van der Waals surface area (Å²) in [7, 11) is 1.81. The minimum absolute atomic E-state index is 0.0251. The first-order valence-electron chi connectivity index (χ1n) is 7.08. The number of ether oxygens (including phenoxy) is 1. The van der Waals surface area contributed by atoms with Crippen LogP contribution in [0.5, 0.6) is 0 Å². The zero-order chi connectivity index (χ0) is 12.7. The van der Waals surface area contributed by atoms with Gasteiger partial charge in [0, 0.05) is 19.7 Å². The van der Waals surface area contributed by atoms with Gasteiger partial charge in [-0.15, -0.1) is 0 Å². The molecule has 0 atom stereocenters. The Kier molecular flexibility index (Phi) is 6.45. The number of nitrogens with zero attached hydrogens (tertiary/aromatic N) is 1. The minimum atomic E-state index is 0.0251. The van der Waals surface area contributed by atoms with Crippen LogP contribution in [0.4, 0.5) is 0 Å². The number of nitrogens with one attached hydrogen (secondary N) is 1. The summed E-state index contributed by atoms with van der Waals surface area (Å²) in [6, 6.07) is 0.752. The number of hydrogen-bond acceptors (Lipinski definition) is 3. The fourth-order valence-electron chi connectivity index (χ4n) is 2.24. The van der Waals surface area contributed by atoms with Gasteiger partial charge in [0.05, 0.1) is 5.60 Å². The van der Waals surface area contributed by atoms with Crippen LogP contribution < -0.4 is 5.32 Å². The van der Waals surface area contributed by atoms with Crippen molar-refractivity contribution in [2.45, 2.75) is 58.1 Å². The summed E-state index contributed by atoms with van der Waals surface area (Å²) in [5.41, 5.74) is 0.0251. The first-order valence-corrected chi connectivity index (χ1v) is 7.08. The van der Waals surface area contributed by atoms with Gasteiger partial charge >= 0.3 is 0 Å². The van der Waals surface area contributed by atoms with Crippen molar-refractivity contribution in [3.63, 3.8) is 0 Å². The molecule has 0 aromatic rings. The van der Waals surface area contributed by atoms with Gasteiger partial charge in [0.15, 0.2) is 0 Å². The molecule has 1 aliphatic heterocycles. The molecule has 3 nitrogen and oxygen atoms in total. The van der Waals surface area contributed by atoms with E-state index in [9.17, 15) is 0 Å². The smallest absolute Gasteiger partial charge is 0.0634 e. The molecule has 0 spiro atoms. The van der Waals surface area contributed by atoms with Gasteiger partial charge in [0.2, 0.25) is 0 Å². The molecule has 0 aliphatic carbocycles. The number of hydrogen-bond donors (Lipinski definition) is 1. The van der Waals surface area contributed by atoms with Gasteiger partial charge in [0.1, 0.15) is 0 Å². The Hall–Kier alpha value is -0.120. The van der Waals surface area contributed by atoms with Gasteiger partial charge in [-0.05, 0) is 59.2 Å². The van der Waals surface area contributed by atoms with E-state index in [-0.39, 0.29) is 5.60 Å². The largest absolute Gasteiger partial charge is 0.379 e. The van der Waals surface area contributed by atoms with Gasteiger partial charge in [-0.3, -0.25) is 0 Å². The Balaban J connectivity index is 2.15. The molecule has 0 saturated carbocycles. The summed E-state index contributed by atoms with van der Waals surface area (Å²) in [6.45, 7) is 11.4. The molecule has 1 saturated heterocycles. The quantitative estimate of drug-likeness (QED) is 0.741. The van der Waals surface area contributed by atoms with Crippen molar-refractivity contribution in [2.75, 3.05) is 33.3 Å². The highest BCUT2D eigenvalue weighted by atomic mass is 16.5. The molecule has 0 unspecified atom stereocenters. The topological polar surface area (TPSA) is 24.5 Å². The van der Waals surface area contributed by atoms with Crippen LogP contribution in [0.3, 0.4) is 0 Å². The van der Waals surface area contributed by atoms with Gasteiger partial charge in [0.25, 0.3) is 0 Å². The third kappa shape index (κ3) is 5.84. The first kappa shape index (κ1) is 14.9. The van der Waals surface area contributed by atoms with Crippen LogP contribution in [0.25, 0.3) is 0 Å². The predicted molar refractivity (Wildman–Crippen MR) is 73.5 cm³/mol. The van der Waals surface area contributed by atoms with Crippen molar-refractivity contribution in [1.82, 2.24) is 10.2 Å². The third-order valence-corrected chi connectivity index (χ3v) is 3.85. The molecule has 0 bridgehead atoms. The number of methoxy groups -OCH3 is 1. The Morgan fingerprint density at radius 1 is 1.29 bits per heavy atom. The molecule has 3 heteroatoms. The fraction of sp³-hybridized carbons (Fsp3) is 1.00. The van der Waals surface area contributed by atoms with Crippen LogP contribution in [-0.2, 0) is 4.74 Å². The first-order chi connectivity index (χ1) is 8.07. The Morgan fingerprint density at radius 2 is 1.94 bits per heavy atom. The number of likely N-dealkylation sites (tertiary alicyclic amines) is 1. The van der Waals surface area contributed by atoms with E-state index in [1.165, 1.54) is 45.4 Å². The second-order valence-corrected chi connectivity index (χ2v) is 5.78. The summed E-state index contributed by atoms with van der Waals surface area (Å²) in [6.07, 6.45) is 4.96. The van der Waals surface area contributed by atoms with Crippen LogP contribution in [0, 0.1) is 0 Å². The molecule has 1 aliphatic rings. The zero-order valence-corrected chi connectivity index (χ0v) is 12.1. The highest BCUT2D eigenvalue weighted by Crippen LogP contribution is 2.16. The Labute approximate surface area is 107 Å². The highest BCUT2D eigenvalue weighted by molar-refractivity contribution is 4.79. The molecule has 1 N–H and O–H groups in total. The molecule has 102 valence electrons. The van der Waals surface area contributed by atoms with Crippen LogP contribution in [0.1, 0.15) is 46.5 Å². The van der Waals surface area contributed by atoms with E-state index in [2.05, 4.69) is 31.0 Å². The van der Waals surface area contributed by atoms with E-state index >= 15 is 0 Å². The van der Waals surface area contributed by atoms with E-state index in [1.807, 2.05) is 0 Å². The Bertz CT molecular complexity index is 198. The van der Waals surface area contributed by atoms with Gasteiger partial charge in [-0.1, -0.05) is 6.92 Å². The summed E-state index contributed by atoms with van der Waals surface area (Å²) in [5, 5.41) is 3.62. The van der Waals surface area contributed by atoms with E-state index < -0.39 is 0 Å². The van der Waals surface area contributed by atoms with Crippen LogP contribution in [0.2, 0.25) is 0 Å². The average molecular weight is 242 g/mol. The van der Waals surface area contributed by atoms with Gasteiger partial charge in [-0.25, -0.2) is 0 Å². The maximum Gasteiger partial charge on any atom is 0.0634 e. The molecule has 1 heterocycles. The SMILES string of the molecule is CCCNC1CCN(CCC(C)(C)OC)CC1. The molecule has 0 radical (unpaired) electrons. The molecule has 0 aromatic carbocycles. The molecule has 1 fully saturated rings. The lowest BCUT2D eigenvalue weighted by Gasteiger charge is -2.34. The van der Waals surface area contributed by atoms with E-state index in [1.54, 1.807) is 7.11 Å². The number of rotatable bonds is 7. The lowest BCUT2D eigenvalue weighted by molar-refractivity contribution is 0.00547. The summed E-state index contributed by atoms with van der Waals surface area (Å²) >= 11 is 0. The van der Waals surface area contributed by atoms with Crippen molar-refractivity contribution >= 4 is 0 Å². The summed E-state index contributed by atoms with van der Waals surface area (Å²) in [4.78, 5) is 2.57. The molecule has 0 aromatic heterocycles. The monoisotopic (exact) mass is 242 g/mol. The van der Waals surface area contributed by atoms with Gasteiger partial charge < -0.3 is 15.0 Å². The molecular weight excluding hydrogens is 212 g/mol. The fourth-order valence-corrected chi connectivity index (χ4v) is 2.24. The van der Waals surface area contributed by atoms with Crippen molar-refractivity contribution in [3.8, 4) is 0 Å². The minimum Gasteiger partial charge on any atom is -0.379 e. The Morgan fingerprint density at radius 3 is 2.47 bits per heavy atom. The average Bonchev–Trinajstić information content (AvgIpc) is 2.35. The zero-order valence-electron chi connectivity index (χ0n) is 12.1. The lowest BCUT2D eigenvalue weighted by Crippen LogP contribution is -2.44. The standard InChI is InChI=1S/C14H30N2O/c1-5-9-15-13-6-10-16(11-7-13)12-8-14(2,3)17-4/h13,15H,5-12H2,1-4H3.